The Kier molecular flexibility index (Phi) is 7.39. The molecule has 5 rings (SSSR count). The number of benzene rings is 1. The summed E-state index contributed by atoms with van der Waals surface area (Å²) < 4.78 is 27.3. The van der Waals surface area contributed by atoms with Crippen molar-refractivity contribution in [2.75, 3.05) is 20.1 Å². The highest BCUT2D eigenvalue weighted by atomic mass is 35.5. The minimum absolute atomic E-state index is 0.143. The Hall–Kier alpha value is -3.49. The minimum atomic E-state index is -0.428. The van der Waals surface area contributed by atoms with Gasteiger partial charge in [0.2, 0.25) is 5.88 Å². The molecule has 0 bridgehead atoms. The summed E-state index contributed by atoms with van der Waals surface area (Å²) in [5.41, 5.74) is 3.44. The third-order valence-electron chi connectivity index (χ3n) is 6.65. The maximum atomic E-state index is 15.2. The zero-order chi connectivity index (χ0) is 25.9. The number of aryl methyl sites for hydroxylation is 1. The number of nitrogens with one attached hydrogen (secondary N) is 1. The number of H-pyrrole nitrogens is 1. The number of ether oxygens (including phenoxy) is 2. The molecule has 0 amide bonds. The summed E-state index contributed by atoms with van der Waals surface area (Å²) in [6.07, 6.45) is 8.04. The number of aromatic nitrogens is 4. The van der Waals surface area contributed by atoms with E-state index in [4.69, 9.17) is 21.1 Å². The first-order valence-electron chi connectivity index (χ1n) is 12.3. The molecule has 37 heavy (non-hydrogen) atoms. The van der Waals surface area contributed by atoms with Gasteiger partial charge < -0.3 is 14.4 Å². The van der Waals surface area contributed by atoms with Gasteiger partial charge in [-0.25, -0.2) is 9.37 Å². The molecule has 0 radical (unpaired) electrons. The molecule has 0 unspecified atom stereocenters. The average molecular weight is 522 g/mol. The summed E-state index contributed by atoms with van der Waals surface area (Å²) >= 11 is 6.35. The van der Waals surface area contributed by atoms with Gasteiger partial charge in [0.1, 0.15) is 23.8 Å². The number of nitrogens with zero attached hydrogens (tertiary/aromatic N) is 4. The molecular formula is C28H29ClFN5O2. The molecule has 0 spiro atoms. The van der Waals surface area contributed by atoms with Gasteiger partial charge in [0.05, 0.1) is 16.2 Å². The van der Waals surface area contributed by atoms with Gasteiger partial charge in [0.15, 0.2) is 0 Å². The van der Waals surface area contributed by atoms with Crippen LogP contribution in [-0.2, 0) is 0 Å². The fourth-order valence-corrected chi connectivity index (χ4v) is 4.95. The van der Waals surface area contributed by atoms with E-state index in [1.54, 1.807) is 24.5 Å². The van der Waals surface area contributed by atoms with Crippen LogP contribution in [0.3, 0.4) is 0 Å². The van der Waals surface area contributed by atoms with E-state index in [1.807, 2.05) is 32.0 Å². The molecule has 0 aliphatic carbocycles. The second kappa shape index (κ2) is 10.9. The molecule has 1 N–H and O–H groups in total. The fourth-order valence-electron chi connectivity index (χ4n) is 4.59. The Bertz CT molecular complexity index is 1390. The number of halogens is 2. The van der Waals surface area contributed by atoms with Crippen molar-refractivity contribution < 1.29 is 13.9 Å². The Morgan fingerprint density at radius 3 is 2.73 bits per heavy atom. The van der Waals surface area contributed by atoms with E-state index in [2.05, 4.69) is 32.1 Å². The Morgan fingerprint density at radius 1 is 1.19 bits per heavy atom. The van der Waals surface area contributed by atoms with Gasteiger partial charge in [-0.1, -0.05) is 11.6 Å². The summed E-state index contributed by atoms with van der Waals surface area (Å²) in [5, 5.41) is 8.51. The number of piperidine rings is 1. The summed E-state index contributed by atoms with van der Waals surface area (Å²) in [4.78, 5) is 10.7. The SMILES string of the molecule is Cc1cncc(Cl)c1[C@@H](C)Oc1ccc2n[nH]c(/C=C(\F)c3ccc(OC4CCN(C)CC4)nc3)c2c1. The lowest BCUT2D eigenvalue weighted by molar-refractivity contribution is 0.110. The molecule has 4 heterocycles. The molecule has 7 nitrogen and oxygen atoms in total. The average Bonchev–Trinajstić information content (AvgIpc) is 3.27. The van der Waals surface area contributed by atoms with Crippen LogP contribution in [0.2, 0.25) is 5.02 Å². The first-order valence-corrected chi connectivity index (χ1v) is 12.7. The van der Waals surface area contributed by atoms with Crippen molar-refractivity contribution in [2.24, 2.45) is 0 Å². The normalized spacial score (nSPS) is 16.2. The smallest absolute Gasteiger partial charge is 0.213 e. The van der Waals surface area contributed by atoms with Crippen molar-refractivity contribution in [3.8, 4) is 11.6 Å². The van der Waals surface area contributed by atoms with Gasteiger partial charge in [-0.05, 0) is 63.6 Å². The molecule has 1 saturated heterocycles. The van der Waals surface area contributed by atoms with Gasteiger partial charge in [0, 0.05) is 60.3 Å². The van der Waals surface area contributed by atoms with Crippen LogP contribution in [0.4, 0.5) is 4.39 Å². The predicted molar refractivity (Wildman–Crippen MR) is 143 cm³/mol. The van der Waals surface area contributed by atoms with E-state index in [9.17, 15) is 0 Å². The molecular weight excluding hydrogens is 493 g/mol. The summed E-state index contributed by atoms with van der Waals surface area (Å²) in [6.45, 7) is 5.88. The minimum Gasteiger partial charge on any atom is -0.486 e. The monoisotopic (exact) mass is 521 g/mol. The summed E-state index contributed by atoms with van der Waals surface area (Å²) in [5.74, 6) is 0.710. The molecule has 192 valence electrons. The fraction of sp³-hybridized carbons (Fsp3) is 0.321. The molecule has 1 aliphatic rings. The van der Waals surface area contributed by atoms with Crippen LogP contribution in [0.15, 0.2) is 48.9 Å². The van der Waals surface area contributed by atoms with Gasteiger partial charge in [-0.3, -0.25) is 10.1 Å². The molecule has 4 aromatic rings. The maximum Gasteiger partial charge on any atom is 0.213 e. The van der Waals surface area contributed by atoms with Crippen LogP contribution >= 0.6 is 11.6 Å². The highest BCUT2D eigenvalue weighted by Crippen LogP contribution is 2.32. The van der Waals surface area contributed by atoms with Gasteiger partial charge in [-0.15, -0.1) is 0 Å². The molecule has 1 fully saturated rings. The third-order valence-corrected chi connectivity index (χ3v) is 6.95. The summed E-state index contributed by atoms with van der Waals surface area (Å²) in [6, 6.07) is 8.90. The van der Waals surface area contributed by atoms with E-state index < -0.39 is 5.83 Å². The van der Waals surface area contributed by atoms with Crippen LogP contribution in [0, 0.1) is 6.92 Å². The largest absolute Gasteiger partial charge is 0.486 e. The number of hydrogen-bond acceptors (Lipinski definition) is 6. The van der Waals surface area contributed by atoms with Crippen LogP contribution in [0.5, 0.6) is 11.6 Å². The number of fused-ring (bicyclic) bond motifs is 1. The lowest BCUT2D eigenvalue weighted by atomic mass is 10.1. The first-order chi connectivity index (χ1) is 17.9. The van der Waals surface area contributed by atoms with Crippen molar-refractivity contribution in [1.82, 2.24) is 25.1 Å². The number of likely N-dealkylation sites (tertiary alicyclic amines) is 1. The molecule has 3 aromatic heterocycles. The maximum absolute atomic E-state index is 15.2. The third kappa shape index (κ3) is 5.76. The Labute approximate surface area is 220 Å². The highest BCUT2D eigenvalue weighted by Gasteiger charge is 2.19. The van der Waals surface area contributed by atoms with E-state index in [0.29, 0.717) is 33.4 Å². The van der Waals surface area contributed by atoms with Crippen molar-refractivity contribution in [3.63, 3.8) is 0 Å². The Morgan fingerprint density at radius 2 is 2.00 bits per heavy atom. The molecule has 1 aliphatic heterocycles. The molecule has 0 saturated carbocycles. The number of pyridine rings is 2. The van der Waals surface area contributed by atoms with Gasteiger partial charge in [-0.2, -0.15) is 5.10 Å². The van der Waals surface area contributed by atoms with Crippen molar-refractivity contribution in [2.45, 2.75) is 38.9 Å². The van der Waals surface area contributed by atoms with Crippen LogP contribution in [0.25, 0.3) is 22.8 Å². The molecule has 9 heteroatoms. The number of aromatic amines is 1. The molecule has 1 aromatic carbocycles. The topological polar surface area (TPSA) is 76.2 Å². The van der Waals surface area contributed by atoms with Gasteiger partial charge >= 0.3 is 0 Å². The lowest BCUT2D eigenvalue weighted by Crippen LogP contribution is -2.35. The van der Waals surface area contributed by atoms with E-state index in [1.165, 1.54) is 12.3 Å². The first kappa shape index (κ1) is 25.2. The standard InChI is InChI=1S/C28H29ClFN5O2/c1-17-14-31-16-23(29)28(17)18(2)36-21-5-6-25-22(12-21)26(34-33-25)13-24(30)19-4-7-27(32-15-19)37-20-8-10-35(3)11-9-20/h4-7,12-16,18,20H,8-11H2,1-3H3,(H,33,34)/b24-13-/t18-/m1/s1. The number of rotatable bonds is 7. The van der Waals surface area contributed by atoms with E-state index >= 15 is 4.39 Å². The lowest BCUT2D eigenvalue weighted by Gasteiger charge is -2.28. The summed E-state index contributed by atoms with van der Waals surface area (Å²) in [7, 11) is 2.11. The van der Waals surface area contributed by atoms with Crippen LogP contribution in [-0.4, -0.2) is 51.3 Å². The quantitative estimate of drug-likeness (QED) is 0.303. The predicted octanol–water partition coefficient (Wildman–Crippen LogP) is 6.40. The number of hydrogen-bond donors (Lipinski definition) is 1. The van der Waals surface area contributed by atoms with Crippen molar-refractivity contribution in [3.05, 3.63) is 76.3 Å². The van der Waals surface area contributed by atoms with Crippen LogP contribution < -0.4 is 9.47 Å². The highest BCUT2D eigenvalue weighted by molar-refractivity contribution is 6.31. The Balaban J connectivity index is 1.32. The second-order valence-corrected chi connectivity index (χ2v) is 9.83. The van der Waals surface area contributed by atoms with Crippen molar-refractivity contribution >= 4 is 34.4 Å². The van der Waals surface area contributed by atoms with Crippen LogP contribution in [0.1, 0.15) is 48.3 Å². The van der Waals surface area contributed by atoms with E-state index in [-0.39, 0.29) is 12.2 Å². The van der Waals surface area contributed by atoms with Gasteiger partial charge in [0.25, 0.3) is 0 Å². The zero-order valence-electron chi connectivity index (χ0n) is 21.0. The van der Waals surface area contributed by atoms with E-state index in [0.717, 1.165) is 42.4 Å². The second-order valence-electron chi connectivity index (χ2n) is 9.43. The van der Waals surface area contributed by atoms with Crippen molar-refractivity contribution in [1.29, 1.82) is 0 Å². The zero-order valence-corrected chi connectivity index (χ0v) is 21.8. The molecule has 1 atom stereocenters.